The van der Waals surface area contributed by atoms with E-state index in [2.05, 4.69) is 36.1 Å². The average Bonchev–Trinajstić information content (AvgIpc) is 2.46. The molecule has 1 aliphatic carbocycles. The van der Waals surface area contributed by atoms with Crippen molar-refractivity contribution in [1.82, 2.24) is 4.90 Å². The Morgan fingerprint density at radius 2 is 2.11 bits per heavy atom. The van der Waals surface area contributed by atoms with Crippen LogP contribution in [0.3, 0.4) is 0 Å². The molecule has 0 bridgehead atoms. The summed E-state index contributed by atoms with van der Waals surface area (Å²) in [6.45, 7) is 5.66. The summed E-state index contributed by atoms with van der Waals surface area (Å²) in [6.07, 6.45) is 6.29. The molecule has 1 aromatic carbocycles. The summed E-state index contributed by atoms with van der Waals surface area (Å²) in [5.74, 6) is 0.828. The van der Waals surface area contributed by atoms with Crippen LogP contribution in [0.1, 0.15) is 37.3 Å². The zero-order valence-corrected chi connectivity index (χ0v) is 12.1. The first-order valence-electron chi connectivity index (χ1n) is 7.75. The van der Waals surface area contributed by atoms with Crippen LogP contribution in [0.4, 0.5) is 0 Å². The largest absolute Gasteiger partial charge is 0.329 e. The van der Waals surface area contributed by atoms with Crippen LogP contribution in [0.25, 0.3) is 0 Å². The molecule has 3 rings (SSSR count). The quantitative estimate of drug-likeness (QED) is 0.883. The maximum absolute atomic E-state index is 6.23. The summed E-state index contributed by atoms with van der Waals surface area (Å²) in [6, 6.07) is 8.92. The number of hydrogen-bond acceptors (Lipinski definition) is 2. The molecule has 2 unspecified atom stereocenters. The van der Waals surface area contributed by atoms with Crippen LogP contribution in [-0.2, 0) is 12.8 Å². The summed E-state index contributed by atoms with van der Waals surface area (Å²) in [5, 5.41) is 0. The van der Waals surface area contributed by atoms with Crippen molar-refractivity contribution in [3.05, 3.63) is 35.4 Å². The molecule has 1 saturated heterocycles. The molecule has 0 spiro atoms. The molecule has 19 heavy (non-hydrogen) atoms. The van der Waals surface area contributed by atoms with Gasteiger partial charge in [0.25, 0.3) is 0 Å². The van der Waals surface area contributed by atoms with Gasteiger partial charge < -0.3 is 5.73 Å². The van der Waals surface area contributed by atoms with E-state index >= 15 is 0 Å². The Balaban J connectivity index is 1.85. The highest BCUT2D eigenvalue weighted by atomic mass is 15.2. The van der Waals surface area contributed by atoms with Crippen LogP contribution in [0.5, 0.6) is 0 Å². The Morgan fingerprint density at radius 1 is 1.32 bits per heavy atom. The molecule has 1 heterocycles. The SMILES string of the molecule is CC1CCCN(C2(CN)CCc3ccccc3C2)C1. The van der Waals surface area contributed by atoms with Crippen LogP contribution in [0.15, 0.2) is 24.3 Å². The lowest BCUT2D eigenvalue weighted by atomic mass is 9.75. The molecule has 2 heteroatoms. The van der Waals surface area contributed by atoms with E-state index in [0.29, 0.717) is 0 Å². The Morgan fingerprint density at radius 3 is 2.84 bits per heavy atom. The van der Waals surface area contributed by atoms with E-state index in [0.717, 1.165) is 18.9 Å². The van der Waals surface area contributed by atoms with Crippen molar-refractivity contribution in [3.63, 3.8) is 0 Å². The maximum Gasteiger partial charge on any atom is 0.0375 e. The van der Waals surface area contributed by atoms with Gasteiger partial charge in [0.15, 0.2) is 0 Å². The van der Waals surface area contributed by atoms with E-state index in [9.17, 15) is 0 Å². The number of piperidine rings is 1. The van der Waals surface area contributed by atoms with Crippen LogP contribution in [-0.4, -0.2) is 30.1 Å². The topological polar surface area (TPSA) is 29.3 Å². The molecule has 0 amide bonds. The van der Waals surface area contributed by atoms with Crippen LogP contribution < -0.4 is 5.73 Å². The lowest BCUT2D eigenvalue weighted by molar-refractivity contribution is 0.0405. The summed E-state index contributed by atoms with van der Waals surface area (Å²) >= 11 is 0. The normalized spacial score (nSPS) is 32.0. The molecule has 0 radical (unpaired) electrons. The van der Waals surface area contributed by atoms with Crippen molar-refractivity contribution in [2.75, 3.05) is 19.6 Å². The molecule has 1 fully saturated rings. The van der Waals surface area contributed by atoms with Gasteiger partial charge in [-0.3, -0.25) is 4.90 Å². The number of benzene rings is 1. The predicted octanol–water partition coefficient (Wildman–Crippen LogP) is 2.60. The van der Waals surface area contributed by atoms with Crippen molar-refractivity contribution in [2.24, 2.45) is 11.7 Å². The number of rotatable bonds is 2. The van der Waals surface area contributed by atoms with Gasteiger partial charge >= 0.3 is 0 Å². The number of likely N-dealkylation sites (tertiary alicyclic amines) is 1. The van der Waals surface area contributed by atoms with Crippen LogP contribution >= 0.6 is 0 Å². The van der Waals surface area contributed by atoms with E-state index in [-0.39, 0.29) is 5.54 Å². The number of aryl methyl sites for hydroxylation is 1. The van der Waals surface area contributed by atoms with Crippen molar-refractivity contribution in [2.45, 2.75) is 44.6 Å². The lowest BCUT2D eigenvalue weighted by Gasteiger charge is -2.49. The predicted molar refractivity (Wildman–Crippen MR) is 80.2 cm³/mol. The molecule has 1 aliphatic heterocycles. The monoisotopic (exact) mass is 258 g/mol. The smallest absolute Gasteiger partial charge is 0.0375 e. The van der Waals surface area contributed by atoms with Gasteiger partial charge in [-0.1, -0.05) is 31.2 Å². The van der Waals surface area contributed by atoms with Crippen molar-refractivity contribution >= 4 is 0 Å². The van der Waals surface area contributed by atoms with Gasteiger partial charge in [-0.15, -0.1) is 0 Å². The minimum absolute atomic E-state index is 0.225. The van der Waals surface area contributed by atoms with Gasteiger partial charge in [-0.2, -0.15) is 0 Å². The minimum Gasteiger partial charge on any atom is -0.329 e. The van der Waals surface area contributed by atoms with Gasteiger partial charge in [0, 0.05) is 18.6 Å². The second-order valence-electron chi connectivity index (χ2n) is 6.57. The summed E-state index contributed by atoms with van der Waals surface area (Å²) in [5.41, 5.74) is 9.52. The van der Waals surface area contributed by atoms with Gasteiger partial charge in [-0.25, -0.2) is 0 Å². The first kappa shape index (κ1) is 13.1. The summed E-state index contributed by atoms with van der Waals surface area (Å²) in [7, 11) is 0. The third-order valence-corrected chi connectivity index (χ3v) is 5.21. The average molecular weight is 258 g/mol. The third-order valence-electron chi connectivity index (χ3n) is 5.21. The fourth-order valence-corrected chi connectivity index (χ4v) is 3.98. The first-order valence-corrected chi connectivity index (χ1v) is 7.75. The second-order valence-corrected chi connectivity index (χ2v) is 6.57. The second kappa shape index (κ2) is 5.26. The third kappa shape index (κ3) is 2.44. The molecule has 2 nitrogen and oxygen atoms in total. The van der Waals surface area contributed by atoms with Gasteiger partial charge in [0.2, 0.25) is 0 Å². The van der Waals surface area contributed by atoms with E-state index in [1.54, 1.807) is 0 Å². The van der Waals surface area contributed by atoms with Gasteiger partial charge in [0.05, 0.1) is 0 Å². The molecule has 104 valence electrons. The highest BCUT2D eigenvalue weighted by molar-refractivity contribution is 5.32. The number of nitrogens with two attached hydrogens (primary N) is 1. The van der Waals surface area contributed by atoms with Crippen LogP contribution in [0.2, 0.25) is 0 Å². The van der Waals surface area contributed by atoms with Crippen molar-refractivity contribution in [3.8, 4) is 0 Å². The van der Waals surface area contributed by atoms with Crippen molar-refractivity contribution < 1.29 is 0 Å². The van der Waals surface area contributed by atoms with E-state index in [1.165, 1.54) is 49.9 Å². The molecule has 2 aliphatic rings. The Hall–Kier alpha value is -0.860. The maximum atomic E-state index is 6.23. The van der Waals surface area contributed by atoms with Crippen molar-refractivity contribution in [1.29, 1.82) is 0 Å². The minimum atomic E-state index is 0.225. The lowest BCUT2D eigenvalue weighted by Crippen LogP contribution is -2.59. The molecule has 1 aromatic rings. The molecular weight excluding hydrogens is 232 g/mol. The zero-order chi connectivity index (χ0) is 13.3. The number of fused-ring (bicyclic) bond motifs is 1. The Labute approximate surface area is 117 Å². The molecule has 2 atom stereocenters. The Bertz CT molecular complexity index is 443. The fourth-order valence-electron chi connectivity index (χ4n) is 3.98. The Kier molecular flexibility index (Phi) is 3.64. The van der Waals surface area contributed by atoms with Gasteiger partial charge in [-0.05, 0) is 55.7 Å². The molecule has 2 N–H and O–H groups in total. The standard InChI is InChI=1S/C17H26N2/c1-14-5-4-10-19(12-14)17(13-18)9-8-15-6-2-3-7-16(15)11-17/h2-3,6-7,14H,4-5,8-13,18H2,1H3. The highest BCUT2D eigenvalue weighted by Gasteiger charge is 2.39. The van der Waals surface area contributed by atoms with E-state index in [4.69, 9.17) is 5.73 Å². The molecule has 0 saturated carbocycles. The molecule has 0 aromatic heterocycles. The first-order chi connectivity index (χ1) is 9.23. The summed E-state index contributed by atoms with van der Waals surface area (Å²) < 4.78 is 0. The summed E-state index contributed by atoms with van der Waals surface area (Å²) in [4.78, 5) is 2.71. The van der Waals surface area contributed by atoms with Gasteiger partial charge in [0.1, 0.15) is 0 Å². The van der Waals surface area contributed by atoms with Crippen LogP contribution in [0, 0.1) is 5.92 Å². The fraction of sp³-hybridized carbons (Fsp3) is 0.647. The zero-order valence-electron chi connectivity index (χ0n) is 12.1. The molecular formula is C17H26N2. The van der Waals surface area contributed by atoms with E-state index in [1.807, 2.05) is 0 Å². The highest BCUT2D eigenvalue weighted by Crippen LogP contribution is 2.35. The number of nitrogens with zero attached hydrogens (tertiary/aromatic N) is 1. The van der Waals surface area contributed by atoms with E-state index < -0.39 is 0 Å². The number of hydrogen-bond donors (Lipinski definition) is 1.